The summed E-state index contributed by atoms with van der Waals surface area (Å²) in [6.07, 6.45) is 13.3. The number of aliphatic hydroxyl groups excluding tert-OH is 1. The highest BCUT2D eigenvalue weighted by atomic mass is 35.5. The predicted octanol–water partition coefficient (Wildman–Crippen LogP) is 7.61. The van der Waals surface area contributed by atoms with Crippen LogP contribution in [0.15, 0.2) is 16.4 Å². The van der Waals surface area contributed by atoms with E-state index in [0.29, 0.717) is 32.1 Å². The van der Waals surface area contributed by atoms with E-state index in [0.717, 1.165) is 44.8 Å². The first-order chi connectivity index (χ1) is 16.3. The molecule has 34 heavy (non-hydrogen) atoms. The van der Waals surface area contributed by atoms with E-state index in [1.807, 2.05) is 12.5 Å². The predicted molar refractivity (Wildman–Crippen MR) is 143 cm³/mol. The highest BCUT2D eigenvalue weighted by molar-refractivity contribution is 7.98. The molecule has 1 N–H and O–H groups in total. The standard InChI is InChI=1S/C11H14Cl2N2OS.C6H10O.C5H4Cl2N2S/c1-17-11-14-9(12)7(10(13)15-11)8(16)6-4-2-3-5-6;7-5-6-3-1-2-4-6;1-10-5-8-3(6)2-4(7)9-5/h6,8,16H,2-5H2,1H3;5-6H,1-4H2;2H,1H3. The first-order valence-corrected chi connectivity index (χ1v) is 14.9. The molecule has 2 aliphatic carbocycles. The van der Waals surface area contributed by atoms with Crippen LogP contribution < -0.4 is 0 Å². The minimum atomic E-state index is -0.645. The number of aliphatic hydroxyl groups is 1. The summed E-state index contributed by atoms with van der Waals surface area (Å²) in [5.74, 6) is 0.647. The van der Waals surface area contributed by atoms with Crippen molar-refractivity contribution in [1.29, 1.82) is 0 Å². The minimum Gasteiger partial charge on any atom is -0.388 e. The Hall–Kier alpha value is -0.350. The molecule has 1 atom stereocenters. The number of carbonyl (C=O) groups is 1. The van der Waals surface area contributed by atoms with Crippen LogP contribution in [0.2, 0.25) is 20.6 Å². The molecular formula is C22H28Cl4N4O2S2. The van der Waals surface area contributed by atoms with Gasteiger partial charge in [-0.3, -0.25) is 0 Å². The second-order valence-corrected chi connectivity index (χ2v) is 10.9. The van der Waals surface area contributed by atoms with Gasteiger partial charge in [-0.25, -0.2) is 19.9 Å². The lowest BCUT2D eigenvalue weighted by atomic mass is 9.96. The minimum absolute atomic E-state index is 0.230. The van der Waals surface area contributed by atoms with Crippen molar-refractivity contribution in [2.24, 2.45) is 11.8 Å². The van der Waals surface area contributed by atoms with Crippen molar-refractivity contribution >= 4 is 76.2 Å². The van der Waals surface area contributed by atoms with Gasteiger partial charge in [-0.15, -0.1) is 0 Å². The van der Waals surface area contributed by atoms with Gasteiger partial charge < -0.3 is 9.90 Å². The van der Waals surface area contributed by atoms with Gasteiger partial charge in [-0.1, -0.05) is 95.6 Å². The summed E-state index contributed by atoms with van der Waals surface area (Å²) in [5.41, 5.74) is 0.484. The van der Waals surface area contributed by atoms with Crippen LogP contribution in [0.5, 0.6) is 0 Å². The van der Waals surface area contributed by atoms with E-state index in [1.165, 1.54) is 42.4 Å². The quantitative estimate of drug-likeness (QED) is 0.166. The second kappa shape index (κ2) is 15.7. The Balaban J connectivity index is 0.000000202. The molecule has 2 aromatic rings. The lowest BCUT2D eigenvalue weighted by molar-refractivity contribution is -0.110. The number of hydrogen-bond acceptors (Lipinski definition) is 8. The van der Waals surface area contributed by atoms with Crippen molar-refractivity contribution in [2.75, 3.05) is 12.5 Å². The van der Waals surface area contributed by atoms with Gasteiger partial charge in [-0.05, 0) is 44.1 Å². The molecule has 6 nitrogen and oxygen atoms in total. The van der Waals surface area contributed by atoms with Crippen molar-refractivity contribution in [3.05, 3.63) is 32.2 Å². The van der Waals surface area contributed by atoms with Crippen molar-refractivity contribution in [3.63, 3.8) is 0 Å². The van der Waals surface area contributed by atoms with Crippen molar-refractivity contribution in [1.82, 2.24) is 19.9 Å². The van der Waals surface area contributed by atoms with Gasteiger partial charge in [0, 0.05) is 12.0 Å². The number of thioether (sulfide) groups is 2. The fraction of sp³-hybridized carbons (Fsp3) is 0.591. The molecule has 0 spiro atoms. The molecule has 2 aromatic heterocycles. The Kier molecular flexibility index (Phi) is 13.8. The van der Waals surface area contributed by atoms with Gasteiger partial charge >= 0.3 is 0 Å². The lowest BCUT2D eigenvalue weighted by Crippen LogP contribution is -2.12. The number of nitrogens with zero attached hydrogens (tertiary/aromatic N) is 4. The number of aldehydes is 1. The van der Waals surface area contributed by atoms with Crippen LogP contribution in [0.3, 0.4) is 0 Å². The van der Waals surface area contributed by atoms with Crippen LogP contribution in [0.25, 0.3) is 0 Å². The molecule has 0 bridgehead atoms. The van der Waals surface area contributed by atoms with E-state index in [4.69, 9.17) is 46.4 Å². The summed E-state index contributed by atoms with van der Waals surface area (Å²) >= 11 is 26.1. The molecule has 2 saturated carbocycles. The van der Waals surface area contributed by atoms with Gasteiger partial charge in [0.05, 0.1) is 11.7 Å². The number of halogens is 4. The van der Waals surface area contributed by atoms with E-state index in [1.54, 1.807) is 0 Å². The molecule has 2 aliphatic rings. The number of hydrogen-bond donors (Lipinski definition) is 1. The molecule has 0 amide bonds. The third-order valence-corrected chi connectivity index (χ3v) is 7.63. The Morgan fingerprint density at radius 2 is 1.29 bits per heavy atom. The van der Waals surface area contributed by atoms with Gasteiger partial charge in [-0.2, -0.15) is 0 Å². The molecule has 1 unspecified atom stereocenters. The summed E-state index contributed by atoms with van der Waals surface area (Å²) in [6, 6.07) is 1.50. The SMILES string of the molecule is CSc1nc(Cl)c(C(O)C2CCCC2)c(Cl)n1.CSc1nc(Cl)cc(Cl)n1.O=CC1CCCC1. The molecular weight excluding hydrogens is 558 g/mol. The monoisotopic (exact) mass is 584 g/mol. The average Bonchev–Trinajstić information content (AvgIpc) is 3.53. The fourth-order valence-corrected chi connectivity index (χ4v) is 5.78. The molecule has 188 valence electrons. The van der Waals surface area contributed by atoms with Gasteiger partial charge in [0.25, 0.3) is 0 Å². The summed E-state index contributed by atoms with van der Waals surface area (Å²) in [5, 5.41) is 12.7. The van der Waals surface area contributed by atoms with Crippen LogP contribution in [0.4, 0.5) is 0 Å². The smallest absolute Gasteiger partial charge is 0.190 e. The van der Waals surface area contributed by atoms with Crippen molar-refractivity contribution in [2.45, 2.75) is 67.8 Å². The summed E-state index contributed by atoms with van der Waals surface area (Å²) < 4.78 is 0. The third kappa shape index (κ3) is 9.60. The topological polar surface area (TPSA) is 88.9 Å². The summed E-state index contributed by atoms with van der Waals surface area (Å²) in [6.45, 7) is 0. The molecule has 0 aliphatic heterocycles. The van der Waals surface area contributed by atoms with Gasteiger partial charge in [0.1, 0.15) is 26.9 Å². The fourth-order valence-electron chi connectivity index (χ4n) is 3.80. The molecule has 12 heteroatoms. The average molecular weight is 586 g/mol. The highest BCUT2D eigenvalue weighted by Gasteiger charge is 2.29. The molecule has 4 rings (SSSR count). The molecule has 0 aromatic carbocycles. The molecule has 0 saturated heterocycles. The molecule has 0 radical (unpaired) electrons. The van der Waals surface area contributed by atoms with Gasteiger partial charge in [0.15, 0.2) is 10.3 Å². The maximum absolute atomic E-state index is 10.3. The van der Waals surface area contributed by atoms with E-state index < -0.39 is 6.10 Å². The highest BCUT2D eigenvalue weighted by Crippen LogP contribution is 2.40. The van der Waals surface area contributed by atoms with Crippen LogP contribution >= 0.6 is 69.9 Å². The van der Waals surface area contributed by atoms with E-state index in [2.05, 4.69) is 19.9 Å². The Bertz CT molecular complexity index is 887. The van der Waals surface area contributed by atoms with Crippen LogP contribution in [0, 0.1) is 11.8 Å². The van der Waals surface area contributed by atoms with Crippen LogP contribution in [0.1, 0.15) is 63.0 Å². The van der Waals surface area contributed by atoms with E-state index >= 15 is 0 Å². The number of rotatable bonds is 5. The maximum Gasteiger partial charge on any atom is 0.190 e. The lowest BCUT2D eigenvalue weighted by Gasteiger charge is -2.19. The summed E-state index contributed by atoms with van der Waals surface area (Å²) in [4.78, 5) is 26.0. The van der Waals surface area contributed by atoms with E-state index in [-0.39, 0.29) is 16.2 Å². The molecule has 2 fully saturated rings. The number of carbonyl (C=O) groups excluding carboxylic acids is 1. The Morgan fingerprint density at radius 1 is 0.853 bits per heavy atom. The first kappa shape index (κ1) is 29.9. The van der Waals surface area contributed by atoms with Crippen LogP contribution in [-0.2, 0) is 4.79 Å². The zero-order valence-corrected chi connectivity index (χ0v) is 23.7. The Labute approximate surface area is 229 Å². The zero-order chi connectivity index (χ0) is 25.1. The molecule has 2 heterocycles. The van der Waals surface area contributed by atoms with Crippen molar-refractivity contribution < 1.29 is 9.90 Å². The first-order valence-electron chi connectivity index (χ1n) is 10.9. The zero-order valence-electron chi connectivity index (χ0n) is 19.0. The van der Waals surface area contributed by atoms with Crippen LogP contribution in [-0.4, -0.2) is 43.8 Å². The maximum atomic E-state index is 10.3. The van der Waals surface area contributed by atoms with E-state index in [9.17, 15) is 9.90 Å². The second-order valence-electron chi connectivity index (χ2n) is 7.88. The summed E-state index contributed by atoms with van der Waals surface area (Å²) in [7, 11) is 0. The third-order valence-electron chi connectivity index (χ3n) is 5.57. The Morgan fingerprint density at radius 3 is 1.71 bits per heavy atom. The largest absolute Gasteiger partial charge is 0.388 e. The number of aromatic nitrogens is 4. The van der Waals surface area contributed by atoms with Gasteiger partial charge in [0.2, 0.25) is 0 Å². The normalized spacial score (nSPS) is 16.9. The van der Waals surface area contributed by atoms with Crippen molar-refractivity contribution in [3.8, 4) is 0 Å².